The van der Waals surface area contributed by atoms with E-state index in [4.69, 9.17) is 4.74 Å². The van der Waals surface area contributed by atoms with Crippen molar-refractivity contribution < 1.29 is 14.3 Å². The Labute approximate surface area is 158 Å². The van der Waals surface area contributed by atoms with Gasteiger partial charge in [-0.3, -0.25) is 14.6 Å². The number of para-hydroxylation sites is 1. The van der Waals surface area contributed by atoms with Gasteiger partial charge in [0.1, 0.15) is 0 Å². The van der Waals surface area contributed by atoms with Crippen molar-refractivity contribution in [3.8, 4) is 0 Å². The van der Waals surface area contributed by atoms with Crippen LogP contribution in [0.4, 0.5) is 5.69 Å². The van der Waals surface area contributed by atoms with Gasteiger partial charge in [0.05, 0.1) is 13.2 Å². The lowest BCUT2D eigenvalue weighted by molar-refractivity contribution is -0.117. The van der Waals surface area contributed by atoms with Gasteiger partial charge < -0.3 is 14.5 Å². The van der Waals surface area contributed by atoms with Gasteiger partial charge in [0, 0.05) is 49.2 Å². The zero-order valence-electron chi connectivity index (χ0n) is 15.2. The maximum absolute atomic E-state index is 12.7. The molecule has 0 aliphatic carbocycles. The maximum Gasteiger partial charge on any atom is 0.254 e. The lowest BCUT2D eigenvalue weighted by Gasteiger charge is -2.27. The van der Waals surface area contributed by atoms with Gasteiger partial charge >= 0.3 is 0 Å². The fourth-order valence-corrected chi connectivity index (χ4v) is 3.74. The van der Waals surface area contributed by atoms with E-state index in [1.54, 1.807) is 12.3 Å². The smallest absolute Gasteiger partial charge is 0.254 e. The van der Waals surface area contributed by atoms with E-state index in [2.05, 4.69) is 4.98 Å². The molecule has 6 heteroatoms. The highest BCUT2D eigenvalue weighted by Crippen LogP contribution is 2.27. The van der Waals surface area contributed by atoms with Gasteiger partial charge in [-0.25, -0.2) is 0 Å². The molecule has 0 radical (unpaired) electrons. The van der Waals surface area contributed by atoms with Crippen molar-refractivity contribution in [3.63, 3.8) is 0 Å². The molecule has 2 saturated heterocycles. The third kappa shape index (κ3) is 4.01. The minimum absolute atomic E-state index is 0.0235. The zero-order valence-corrected chi connectivity index (χ0v) is 15.2. The van der Waals surface area contributed by atoms with Crippen LogP contribution in [0.5, 0.6) is 0 Å². The molecule has 140 valence electrons. The number of aromatic nitrogens is 1. The maximum atomic E-state index is 12.7. The van der Waals surface area contributed by atoms with E-state index in [9.17, 15) is 9.59 Å². The lowest BCUT2D eigenvalue weighted by atomic mass is 10.0. The topological polar surface area (TPSA) is 62.7 Å². The Morgan fingerprint density at radius 1 is 1.15 bits per heavy atom. The second-order valence-electron chi connectivity index (χ2n) is 7.05. The molecule has 0 bridgehead atoms. The van der Waals surface area contributed by atoms with E-state index in [1.165, 1.54) is 0 Å². The standard InChI is InChI=1S/C21H23N3O3/c25-20-13-16(15-24(20)19-4-2-1-3-5-19)12-18-14-17(6-7-22-18)21(26)23-8-10-27-11-9-23/h1-7,14,16H,8-13,15H2/t16-/m1/s1. The number of carbonyl (C=O) groups excluding carboxylic acids is 2. The average Bonchev–Trinajstić information content (AvgIpc) is 3.09. The average molecular weight is 365 g/mol. The van der Waals surface area contributed by atoms with E-state index in [0.29, 0.717) is 51.3 Å². The van der Waals surface area contributed by atoms with Crippen LogP contribution in [0.3, 0.4) is 0 Å². The van der Waals surface area contributed by atoms with E-state index in [0.717, 1.165) is 11.4 Å². The van der Waals surface area contributed by atoms with Crippen LogP contribution in [0.15, 0.2) is 48.7 Å². The summed E-state index contributed by atoms with van der Waals surface area (Å²) in [6, 6.07) is 13.4. The number of rotatable bonds is 4. The summed E-state index contributed by atoms with van der Waals surface area (Å²) in [7, 11) is 0. The summed E-state index contributed by atoms with van der Waals surface area (Å²) < 4.78 is 5.31. The van der Waals surface area contributed by atoms with Crippen LogP contribution in [0.1, 0.15) is 22.5 Å². The Morgan fingerprint density at radius 2 is 1.93 bits per heavy atom. The number of benzene rings is 1. The summed E-state index contributed by atoms with van der Waals surface area (Å²) in [6.07, 6.45) is 2.90. The minimum atomic E-state index is 0.0235. The first kappa shape index (κ1) is 17.7. The highest BCUT2D eigenvalue weighted by atomic mass is 16.5. The van der Waals surface area contributed by atoms with Crippen LogP contribution >= 0.6 is 0 Å². The molecule has 2 amide bonds. The quantitative estimate of drug-likeness (QED) is 0.833. The number of amides is 2. The molecule has 2 aliphatic rings. The van der Waals surface area contributed by atoms with Crippen LogP contribution in [0.25, 0.3) is 0 Å². The van der Waals surface area contributed by atoms with Crippen molar-refractivity contribution in [1.29, 1.82) is 0 Å². The number of ether oxygens (including phenoxy) is 1. The fraction of sp³-hybridized carbons (Fsp3) is 0.381. The van der Waals surface area contributed by atoms with Crippen molar-refractivity contribution in [2.45, 2.75) is 12.8 Å². The molecule has 1 atom stereocenters. The van der Waals surface area contributed by atoms with Crippen LogP contribution in [-0.2, 0) is 16.0 Å². The highest BCUT2D eigenvalue weighted by molar-refractivity contribution is 5.96. The van der Waals surface area contributed by atoms with Gasteiger partial charge in [0.15, 0.2) is 0 Å². The summed E-state index contributed by atoms with van der Waals surface area (Å²) in [5.41, 5.74) is 2.46. The van der Waals surface area contributed by atoms with Crippen molar-refractivity contribution in [2.75, 3.05) is 37.7 Å². The molecule has 0 N–H and O–H groups in total. The van der Waals surface area contributed by atoms with Crippen LogP contribution < -0.4 is 4.90 Å². The summed E-state index contributed by atoms with van der Waals surface area (Å²) in [5.74, 6) is 0.376. The van der Waals surface area contributed by atoms with Crippen LogP contribution in [0.2, 0.25) is 0 Å². The van der Waals surface area contributed by atoms with E-state index >= 15 is 0 Å². The van der Waals surface area contributed by atoms with Gasteiger partial charge in [0.25, 0.3) is 5.91 Å². The van der Waals surface area contributed by atoms with Gasteiger partial charge in [0.2, 0.25) is 5.91 Å². The largest absolute Gasteiger partial charge is 0.378 e. The van der Waals surface area contributed by atoms with Crippen molar-refractivity contribution >= 4 is 17.5 Å². The third-order valence-corrected chi connectivity index (χ3v) is 5.13. The predicted octanol–water partition coefficient (Wildman–Crippen LogP) is 2.15. The zero-order chi connectivity index (χ0) is 18.6. The highest BCUT2D eigenvalue weighted by Gasteiger charge is 2.31. The Morgan fingerprint density at radius 3 is 2.70 bits per heavy atom. The predicted molar refractivity (Wildman–Crippen MR) is 102 cm³/mol. The molecule has 1 aromatic heterocycles. The first-order valence-corrected chi connectivity index (χ1v) is 9.38. The van der Waals surface area contributed by atoms with Gasteiger partial charge in [-0.15, -0.1) is 0 Å². The molecule has 3 heterocycles. The number of anilines is 1. The molecule has 0 saturated carbocycles. The number of morpholine rings is 1. The van der Waals surface area contributed by atoms with Gasteiger partial charge in [-0.2, -0.15) is 0 Å². The van der Waals surface area contributed by atoms with Crippen molar-refractivity contribution in [3.05, 3.63) is 59.9 Å². The van der Waals surface area contributed by atoms with Crippen LogP contribution in [0, 0.1) is 5.92 Å². The molecule has 2 fully saturated rings. The molecule has 0 spiro atoms. The first-order valence-electron chi connectivity index (χ1n) is 9.38. The second kappa shape index (κ2) is 7.88. The van der Waals surface area contributed by atoms with Gasteiger partial charge in [-0.1, -0.05) is 18.2 Å². The summed E-state index contributed by atoms with van der Waals surface area (Å²) in [6.45, 7) is 3.11. The molecule has 6 nitrogen and oxygen atoms in total. The van der Waals surface area contributed by atoms with E-state index in [-0.39, 0.29) is 17.7 Å². The fourth-order valence-electron chi connectivity index (χ4n) is 3.74. The Balaban J connectivity index is 1.43. The minimum Gasteiger partial charge on any atom is -0.378 e. The molecule has 2 aromatic rings. The number of hydrogen-bond acceptors (Lipinski definition) is 4. The summed E-state index contributed by atoms with van der Waals surface area (Å²) in [5, 5.41) is 0. The molecule has 4 rings (SSSR count). The third-order valence-electron chi connectivity index (χ3n) is 5.13. The first-order chi connectivity index (χ1) is 13.2. The molecule has 27 heavy (non-hydrogen) atoms. The number of hydrogen-bond donors (Lipinski definition) is 0. The number of nitrogens with zero attached hydrogens (tertiary/aromatic N) is 3. The van der Waals surface area contributed by atoms with E-state index < -0.39 is 0 Å². The molecular formula is C21H23N3O3. The Hall–Kier alpha value is -2.73. The Kier molecular flexibility index (Phi) is 5.16. The second-order valence-corrected chi connectivity index (χ2v) is 7.05. The summed E-state index contributed by atoms with van der Waals surface area (Å²) in [4.78, 5) is 33.1. The molecular weight excluding hydrogens is 342 g/mol. The Bertz CT molecular complexity index is 818. The summed E-state index contributed by atoms with van der Waals surface area (Å²) >= 11 is 0. The molecule has 0 unspecified atom stereocenters. The van der Waals surface area contributed by atoms with Crippen molar-refractivity contribution in [2.24, 2.45) is 5.92 Å². The number of carbonyl (C=O) groups is 2. The lowest BCUT2D eigenvalue weighted by Crippen LogP contribution is -2.40. The van der Waals surface area contributed by atoms with E-state index in [1.807, 2.05) is 46.2 Å². The molecule has 2 aliphatic heterocycles. The van der Waals surface area contributed by atoms with Crippen molar-refractivity contribution in [1.82, 2.24) is 9.88 Å². The van der Waals surface area contributed by atoms with Gasteiger partial charge in [-0.05, 0) is 36.6 Å². The normalized spacial score (nSPS) is 20.1. The SMILES string of the molecule is O=C(c1ccnc(C[C@@H]2CC(=O)N(c3ccccc3)C2)c1)N1CCOCC1. The number of pyridine rings is 1. The molecule has 1 aromatic carbocycles. The van der Waals surface area contributed by atoms with Crippen LogP contribution in [-0.4, -0.2) is 54.5 Å². The monoisotopic (exact) mass is 365 g/mol.